The second kappa shape index (κ2) is 5.97. The van der Waals surface area contributed by atoms with Gasteiger partial charge in [0.25, 0.3) is 0 Å². The molecule has 0 bridgehead atoms. The molecule has 0 saturated carbocycles. The number of nitrogens with zero attached hydrogens (tertiary/aromatic N) is 1. The van der Waals surface area contributed by atoms with E-state index in [1.54, 1.807) is 6.07 Å². The number of furan rings is 1. The molecule has 0 atom stereocenters. The van der Waals surface area contributed by atoms with Gasteiger partial charge in [0, 0.05) is 0 Å². The van der Waals surface area contributed by atoms with E-state index in [0.29, 0.717) is 5.76 Å². The topological polar surface area (TPSA) is 49.0 Å². The number of rotatable bonds is 4. The van der Waals surface area contributed by atoms with Crippen molar-refractivity contribution in [3.05, 3.63) is 23.7 Å². The van der Waals surface area contributed by atoms with Gasteiger partial charge in [-0.05, 0) is 48.9 Å². The molecular weight excluding hydrogens is 220 g/mol. The van der Waals surface area contributed by atoms with Crippen LogP contribution in [0.15, 0.2) is 16.5 Å². The fourth-order valence-electron chi connectivity index (χ4n) is 1.88. The average Bonchev–Trinajstić information content (AvgIpc) is 2.78. The van der Waals surface area contributed by atoms with E-state index >= 15 is 0 Å². The fourth-order valence-corrected chi connectivity index (χ4v) is 3.09. The molecule has 1 saturated heterocycles. The zero-order chi connectivity index (χ0) is 11.2. The molecule has 0 radical (unpaired) electrons. The number of thioether (sulfide) groups is 1. The van der Waals surface area contributed by atoms with Crippen molar-refractivity contribution in [2.24, 2.45) is 5.92 Å². The van der Waals surface area contributed by atoms with E-state index < -0.39 is 0 Å². The zero-order valence-corrected chi connectivity index (χ0v) is 10.1. The van der Waals surface area contributed by atoms with Gasteiger partial charge in [-0.15, -0.1) is 0 Å². The van der Waals surface area contributed by atoms with Gasteiger partial charge in [0.2, 0.25) is 5.76 Å². The Morgan fingerprint density at radius 2 is 2.25 bits per heavy atom. The first-order valence-electron chi connectivity index (χ1n) is 5.66. The Morgan fingerprint density at radius 3 is 2.94 bits per heavy atom. The molecule has 0 amide bonds. The maximum atomic E-state index is 8.61. The molecule has 0 aromatic carbocycles. The largest absolute Gasteiger partial charge is 0.449 e. The van der Waals surface area contributed by atoms with Gasteiger partial charge in [-0.1, -0.05) is 0 Å². The Balaban J connectivity index is 1.69. The highest BCUT2D eigenvalue weighted by atomic mass is 32.2. The summed E-state index contributed by atoms with van der Waals surface area (Å²) in [5.41, 5.74) is 0. The molecule has 2 rings (SSSR count). The van der Waals surface area contributed by atoms with Crippen LogP contribution in [0.5, 0.6) is 0 Å². The predicted molar refractivity (Wildman–Crippen MR) is 65.2 cm³/mol. The van der Waals surface area contributed by atoms with Crippen molar-refractivity contribution in [3.63, 3.8) is 0 Å². The van der Waals surface area contributed by atoms with E-state index in [1.165, 1.54) is 24.3 Å². The molecule has 0 unspecified atom stereocenters. The van der Waals surface area contributed by atoms with Gasteiger partial charge < -0.3 is 9.73 Å². The van der Waals surface area contributed by atoms with Gasteiger partial charge in [-0.2, -0.15) is 17.0 Å². The predicted octanol–water partition coefficient (Wildman–Crippen LogP) is 2.38. The van der Waals surface area contributed by atoms with Crippen LogP contribution < -0.4 is 5.32 Å². The van der Waals surface area contributed by atoms with Crippen molar-refractivity contribution < 1.29 is 4.42 Å². The molecule has 2 heterocycles. The molecule has 86 valence electrons. The molecule has 0 aliphatic carbocycles. The summed E-state index contributed by atoms with van der Waals surface area (Å²) in [7, 11) is 0. The second-order valence-corrected chi connectivity index (χ2v) is 5.29. The second-order valence-electron chi connectivity index (χ2n) is 4.06. The smallest absolute Gasteiger partial charge is 0.203 e. The maximum absolute atomic E-state index is 8.61. The lowest BCUT2D eigenvalue weighted by atomic mass is 10.0. The van der Waals surface area contributed by atoms with Gasteiger partial charge >= 0.3 is 0 Å². The number of nitriles is 1. The van der Waals surface area contributed by atoms with Crippen LogP contribution in [0.1, 0.15) is 24.4 Å². The Kier molecular flexibility index (Phi) is 4.32. The van der Waals surface area contributed by atoms with Crippen LogP contribution in [0, 0.1) is 17.2 Å². The Morgan fingerprint density at radius 1 is 1.44 bits per heavy atom. The molecular formula is C12H16N2OS. The third-order valence-electron chi connectivity index (χ3n) is 2.84. The summed E-state index contributed by atoms with van der Waals surface area (Å²) in [5, 5.41) is 12.0. The molecule has 1 aromatic rings. The van der Waals surface area contributed by atoms with Crippen LogP contribution in [0.4, 0.5) is 0 Å². The summed E-state index contributed by atoms with van der Waals surface area (Å²) in [4.78, 5) is 0. The van der Waals surface area contributed by atoms with E-state index in [-0.39, 0.29) is 0 Å². The van der Waals surface area contributed by atoms with E-state index in [9.17, 15) is 0 Å². The van der Waals surface area contributed by atoms with E-state index in [2.05, 4.69) is 17.1 Å². The normalized spacial score (nSPS) is 17.2. The summed E-state index contributed by atoms with van der Waals surface area (Å²) in [5.74, 6) is 4.65. The van der Waals surface area contributed by atoms with Crippen molar-refractivity contribution in [2.45, 2.75) is 19.4 Å². The molecule has 16 heavy (non-hydrogen) atoms. The first-order chi connectivity index (χ1) is 7.88. The van der Waals surface area contributed by atoms with Crippen molar-refractivity contribution in [3.8, 4) is 6.07 Å². The Labute approximate surface area is 100 Å². The molecule has 4 heteroatoms. The van der Waals surface area contributed by atoms with Crippen molar-refractivity contribution >= 4 is 11.8 Å². The van der Waals surface area contributed by atoms with Gasteiger partial charge in [0.15, 0.2) is 0 Å². The van der Waals surface area contributed by atoms with Crippen LogP contribution in [0.2, 0.25) is 0 Å². The van der Waals surface area contributed by atoms with E-state index in [4.69, 9.17) is 9.68 Å². The van der Waals surface area contributed by atoms with Gasteiger partial charge in [0.1, 0.15) is 11.8 Å². The van der Waals surface area contributed by atoms with Crippen molar-refractivity contribution in [1.29, 1.82) is 5.26 Å². The Hall–Kier alpha value is -0.920. The first-order valence-corrected chi connectivity index (χ1v) is 6.81. The van der Waals surface area contributed by atoms with Crippen LogP contribution in [-0.2, 0) is 6.54 Å². The Bertz CT molecular complexity index is 363. The summed E-state index contributed by atoms with van der Waals surface area (Å²) >= 11 is 2.05. The lowest BCUT2D eigenvalue weighted by molar-refractivity contribution is 0.419. The number of nitrogens with one attached hydrogen (secondary N) is 1. The van der Waals surface area contributed by atoms with Crippen LogP contribution in [0.3, 0.4) is 0 Å². The first kappa shape index (κ1) is 11.6. The van der Waals surface area contributed by atoms with Gasteiger partial charge in [0.05, 0.1) is 6.54 Å². The lowest BCUT2D eigenvalue weighted by Gasteiger charge is -2.21. The molecule has 0 spiro atoms. The SMILES string of the molecule is N#Cc1ccc(CNCC2CCSCC2)o1. The molecule has 1 aliphatic rings. The molecule has 3 nitrogen and oxygen atoms in total. The average molecular weight is 236 g/mol. The highest BCUT2D eigenvalue weighted by Gasteiger charge is 2.13. The standard InChI is InChI=1S/C12H16N2OS/c13-7-11-1-2-12(15-11)9-14-8-10-3-5-16-6-4-10/h1-2,10,14H,3-6,8-9H2. The maximum Gasteiger partial charge on any atom is 0.203 e. The van der Waals surface area contributed by atoms with Crippen LogP contribution in [0.25, 0.3) is 0 Å². The fraction of sp³-hybridized carbons (Fsp3) is 0.583. The molecule has 1 aliphatic heterocycles. The van der Waals surface area contributed by atoms with E-state index in [0.717, 1.165) is 24.8 Å². The molecule has 1 fully saturated rings. The third kappa shape index (κ3) is 3.29. The van der Waals surface area contributed by atoms with Crippen molar-refractivity contribution in [2.75, 3.05) is 18.1 Å². The highest BCUT2D eigenvalue weighted by Crippen LogP contribution is 2.21. The molecule has 1 N–H and O–H groups in total. The summed E-state index contributed by atoms with van der Waals surface area (Å²) in [6.45, 7) is 1.79. The minimum atomic E-state index is 0.394. The van der Waals surface area contributed by atoms with Gasteiger partial charge in [-0.3, -0.25) is 0 Å². The van der Waals surface area contributed by atoms with Gasteiger partial charge in [-0.25, -0.2) is 0 Å². The summed E-state index contributed by atoms with van der Waals surface area (Å²) in [6.07, 6.45) is 2.64. The summed E-state index contributed by atoms with van der Waals surface area (Å²) in [6, 6.07) is 5.57. The zero-order valence-electron chi connectivity index (χ0n) is 9.24. The number of hydrogen-bond acceptors (Lipinski definition) is 4. The van der Waals surface area contributed by atoms with Crippen molar-refractivity contribution in [1.82, 2.24) is 5.32 Å². The number of hydrogen-bond donors (Lipinski definition) is 1. The molecule has 1 aromatic heterocycles. The third-order valence-corrected chi connectivity index (χ3v) is 3.89. The monoisotopic (exact) mass is 236 g/mol. The highest BCUT2D eigenvalue weighted by molar-refractivity contribution is 7.99. The summed E-state index contributed by atoms with van der Waals surface area (Å²) < 4.78 is 5.29. The minimum Gasteiger partial charge on any atom is -0.449 e. The van der Waals surface area contributed by atoms with Crippen LogP contribution >= 0.6 is 11.8 Å². The minimum absolute atomic E-state index is 0.394. The lowest BCUT2D eigenvalue weighted by Crippen LogP contribution is -2.25. The van der Waals surface area contributed by atoms with Crippen LogP contribution in [-0.4, -0.2) is 18.1 Å². The quantitative estimate of drug-likeness (QED) is 0.872. The van der Waals surface area contributed by atoms with E-state index in [1.807, 2.05) is 12.1 Å².